The average molecular weight is 328 g/mol. The number of carbonyl (C=O) groups is 2. The second-order valence-electron chi connectivity index (χ2n) is 5.79. The second-order valence-corrected chi connectivity index (χ2v) is 5.79. The lowest BCUT2D eigenvalue weighted by Crippen LogP contribution is -2.32. The maximum absolute atomic E-state index is 12.4. The van der Waals surface area contributed by atoms with Crippen molar-refractivity contribution < 1.29 is 19.8 Å². The molecule has 0 radical (unpaired) electrons. The summed E-state index contributed by atoms with van der Waals surface area (Å²) in [6.07, 6.45) is 2.47. The van der Waals surface area contributed by atoms with Crippen LogP contribution in [-0.2, 0) is 0 Å². The summed E-state index contributed by atoms with van der Waals surface area (Å²) in [5.41, 5.74) is 3.99. The number of benzene rings is 1. The van der Waals surface area contributed by atoms with E-state index in [2.05, 4.69) is 10.3 Å². The van der Waals surface area contributed by atoms with E-state index >= 15 is 0 Å². The Bertz CT molecular complexity index is 763. The second kappa shape index (κ2) is 7.23. The van der Waals surface area contributed by atoms with E-state index in [9.17, 15) is 14.7 Å². The molecule has 126 valence electrons. The molecule has 6 heteroatoms. The van der Waals surface area contributed by atoms with Gasteiger partial charge in [0, 0.05) is 12.4 Å². The van der Waals surface area contributed by atoms with Crippen LogP contribution in [0.3, 0.4) is 0 Å². The minimum absolute atomic E-state index is 0.0640. The lowest BCUT2D eigenvalue weighted by molar-refractivity contribution is 0.0696. The third-order valence-corrected chi connectivity index (χ3v) is 3.82. The highest BCUT2D eigenvalue weighted by molar-refractivity contribution is 5.97. The van der Waals surface area contributed by atoms with Crippen LogP contribution in [0.1, 0.15) is 49.0 Å². The highest BCUT2D eigenvalue weighted by atomic mass is 16.4. The zero-order valence-electron chi connectivity index (χ0n) is 13.8. The van der Waals surface area contributed by atoms with Gasteiger partial charge in [-0.25, -0.2) is 4.79 Å². The summed E-state index contributed by atoms with van der Waals surface area (Å²) in [6, 6.07) is 4.66. The number of carboxylic acid groups (broad SMARTS) is 1. The third-order valence-electron chi connectivity index (χ3n) is 3.82. The van der Waals surface area contributed by atoms with E-state index in [0.717, 1.165) is 22.3 Å². The minimum atomic E-state index is -1.15. The van der Waals surface area contributed by atoms with Crippen molar-refractivity contribution in [1.29, 1.82) is 0 Å². The number of hydrogen-bond donors (Lipinski definition) is 3. The molecule has 24 heavy (non-hydrogen) atoms. The van der Waals surface area contributed by atoms with Crippen molar-refractivity contribution in [3.05, 3.63) is 64.0 Å². The lowest BCUT2D eigenvalue weighted by Gasteiger charge is -2.21. The Balaban J connectivity index is 2.29. The fraction of sp³-hybridized carbons (Fsp3) is 0.278. The summed E-state index contributed by atoms with van der Waals surface area (Å²) in [5.74, 6) is -1.63. The molecule has 6 nitrogen and oxygen atoms in total. The molecule has 2 rings (SSSR count). The van der Waals surface area contributed by atoms with Crippen molar-refractivity contribution in [2.45, 2.75) is 26.8 Å². The van der Waals surface area contributed by atoms with Gasteiger partial charge >= 0.3 is 5.97 Å². The van der Waals surface area contributed by atoms with Crippen molar-refractivity contribution in [2.75, 3.05) is 6.61 Å². The van der Waals surface area contributed by atoms with Crippen LogP contribution >= 0.6 is 0 Å². The van der Waals surface area contributed by atoms with Crippen molar-refractivity contribution in [3.8, 4) is 0 Å². The van der Waals surface area contributed by atoms with Crippen LogP contribution in [0.4, 0.5) is 0 Å². The van der Waals surface area contributed by atoms with Crippen LogP contribution < -0.4 is 5.32 Å². The monoisotopic (exact) mass is 328 g/mol. The molecular formula is C18H20N2O4. The SMILES string of the molecule is Cc1cc(C)c(C(CO)NC(=O)c2cncc(C(=O)O)c2)c(C)c1. The topological polar surface area (TPSA) is 99.5 Å². The number of aromatic carboxylic acids is 1. The molecule has 0 fully saturated rings. The molecular weight excluding hydrogens is 308 g/mol. The van der Waals surface area contributed by atoms with E-state index < -0.39 is 17.9 Å². The standard InChI is InChI=1S/C18H20N2O4/c1-10-4-11(2)16(12(3)5-10)15(9-21)20-17(22)13-6-14(18(23)24)8-19-7-13/h4-8,15,21H,9H2,1-3H3,(H,20,22)(H,23,24). The fourth-order valence-electron chi connectivity index (χ4n) is 2.87. The minimum Gasteiger partial charge on any atom is -0.478 e. The van der Waals surface area contributed by atoms with Gasteiger partial charge in [-0.05, 0) is 43.5 Å². The first kappa shape index (κ1) is 17.6. The molecule has 0 saturated heterocycles. The Kier molecular flexibility index (Phi) is 5.31. The molecule has 0 bridgehead atoms. The van der Waals surface area contributed by atoms with Crippen molar-refractivity contribution in [2.24, 2.45) is 0 Å². The molecule has 1 heterocycles. The van der Waals surface area contributed by atoms with Gasteiger partial charge in [-0.2, -0.15) is 0 Å². The predicted molar refractivity (Wildman–Crippen MR) is 89.1 cm³/mol. The molecule has 0 aliphatic carbocycles. The Morgan fingerprint density at radius 1 is 1.08 bits per heavy atom. The Hall–Kier alpha value is -2.73. The van der Waals surface area contributed by atoms with Crippen LogP contribution in [0.5, 0.6) is 0 Å². The zero-order chi connectivity index (χ0) is 17.9. The maximum Gasteiger partial charge on any atom is 0.337 e. The molecule has 1 unspecified atom stereocenters. The van der Waals surface area contributed by atoms with E-state index in [-0.39, 0.29) is 17.7 Å². The van der Waals surface area contributed by atoms with Gasteiger partial charge in [-0.1, -0.05) is 17.7 Å². The molecule has 0 saturated carbocycles. The van der Waals surface area contributed by atoms with Gasteiger partial charge in [0.05, 0.1) is 23.8 Å². The Morgan fingerprint density at radius 2 is 1.67 bits per heavy atom. The van der Waals surface area contributed by atoms with E-state index in [1.54, 1.807) is 0 Å². The number of aliphatic hydroxyl groups is 1. The number of nitrogens with zero attached hydrogens (tertiary/aromatic N) is 1. The molecule has 2 aromatic rings. The summed E-state index contributed by atoms with van der Waals surface area (Å²) >= 11 is 0. The number of amides is 1. The van der Waals surface area contributed by atoms with Crippen molar-refractivity contribution >= 4 is 11.9 Å². The molecule has 0 aliphatic heterocycles. The highest BCUT2D eigenvalue weighted by Crippen LogP contribution is 2.23. The van der Waals surface area contributed by atoms with Crippen LogP contribution in [0.15, 0.2) is 30.6 Å². The normalized spacial score (nSPS) is 11.8. The average Bonchev–Trinajstić information content (AvgIpc) is 2.52. The first-order valence-electron chi connectivity index (χ1n) is 7.51. The van der Waals surface area contributed by atoms with Gasteiger partial charge in [0.15, 0.2) is 0 Å². The van der Waals surface area contributed by atoms with E-state index in [1.807, 2.05) is 32.9 Å². The number of carbonyl (C=O) groups excluding carboxylic acids is 1. The van der Waals surface area contributed by atoms with E-state index in [0.29, 0.717) is 0 Å². The number of aromatic nitrogens is 1. The summed E-state index contributed by atoms with van der Waals surface area (Å²) in [4.78, 5) is 27.2. The van der Waals surface area contributed by atoms with Crippen LogP contribution in [0.25, 0.3) is 0 Å². The van der Waals surface area contributed by atoms with Crippen LogP contribution in [0, 0.1) is 20.8 Å². The van der Waals surface area contributed by atoms with Gasteiger partial charge in [-0.3, -0.25) is 9.78 Å². The van der Waals surface area contributed by atoms with Gasteiger partial charge in [0.2, 0.25) is 0 Å². The quantitative estimate of drug-likeness (QED) is 0.781. The Labute approximate surface area is 140 Å². The van der Waals surface area contributed by atoms with Crippen LogP contribution in [-0.4, -0.2) is 33.7 Å². The van der Waals surface area contributed by atoms with E-state index in [1.165, 1.54) is 18.5 Å². The molecule has 3 N–H and O–H groups in total. The fourth-order valence-corrected chi connectivity index (χ4v) is 2.87. The van der Waals surface area contributed by atoms with Crippen molar-refractivity contribution in [1.82, 2.24) is 10.3 Å². The van der Waals surface area contributed by atoms with Crippen LogP contribution in [0.2, 0.25) is 0 Å². The van der Waals surface area contributed by atoms with Gasteiger partial charge in [0.25, 0.3) is 5.91 Å². The zero-order valence-corrected chi connectivity index (χ0v) is 13.8. The molecule has 1 aromatic carbocycles. The molecule has 0 spiro atoms. The summed E-state index contributed by atoms with van der Waals surface area (Å²) < 4.78 is 0. The number of aliphatic hydroxyl groups excluding tert-OH is 1. The largest absolute Gasteiger partial charge is 0.478 e. The number of nitrogens with one attached hydrogen (secondary N) is 1. The highest BCUT2D eigenvalue weighted by Gasteiger charge is 2.20. The molecule has 1 aromatic heterocycles. The first-order valence-corrected chi connectivity index (χ1v) is 7.51. The number of pyridine rings is 1. The van der Waals surface area contributed by atoms with Gasteiger partial charge in [-0.15, -0.1) is 0 Å². The van der Waals surface area contributed by atoms with Crippen molar-refractivity contribution in [3.63, 3.8) is 0 Å². The van der Waals surface area contributed by atoms with Gasteiger partial charge in [0.1, 0.15) is 0 Å². The van der Waals surface area contributed by atoms with Gasteiger partial charge < -0.3 is 15.5 Å². The summed E-state index contributed by atoms with van der Waals surface area (Å²) in [5, 5.41) is 21.4. The maximum atomic E-state index is 12.4. The number of rotatable bonds is 5. The molecule has 1 atom stereocenters. The number of carboxylic acids is 1. The number of hydrogen-bond acceptors (Lipinski definition) is 4. The van der Waals surface area contributed by atoms with E-state index in [4.69, 9.17) is 5.11 Å². The smallest absolute Gasteiger partial charge is 0.337 e. The number of aryl methyl sites for hydroxylation is 3. The summed E-state index contributed by atoms with van der Waals surface area (Å²) in [6.45, 7) is 5.58. The molecule has 0 aliphatic rings. The summed E-state index contributed by atoms with van der Waals surface area (Å²) in [7, 11) is 0. The first-order chi connectivity index (χ1) is 11.3. The third kappa shape index (κ3) is 3.78. The lowest BCUT2D eigenvalue weighted by atomic mass is 9.94. The molecule has 1 amide bonds. The Morgan fingerprint density at radius 3 is 2.21 bits per heavy atom. The predicted octanol–water partition coefficient (Wildman–Crippen LogP) is 2.17.